The van der Waals surface area contributed by atoms with E-state index in [0.29, 0.717) is 0 Å². The molecule has 0 aliphatic heterocycles. The molecule has 0 unspecified atom stereocenters. The molecule has 13 rings (SSSR count). The fourth-order valence-corrected chi connectivity index (χ4v) is 11.1. The van der Waals surface area contributed by atoms with E-state index in [1.807, 2.05) is 11.3 Å². The number of fused-ring (bicyclic) bond motifs is 10. The minimum absolute atomic E-state index is 0.817. The summed E-state index contributed by atoms with van der Waals surface area (Å²) < 4.78 is 20.5. The van der Waals surface area contributed by atoms with Crippen LogP contribution in [-0.4, -0.2) is 22.5 Å². The van der Waals surface area contributed by atoms with E-state index in [-0.39, 0.29) is 0 Å². The largest absolute Gasteiger partial charge is 0.453 e. The van der Waals surface area contributed by atoms with Crippen LogP contribution in [0.2, 0.25) is 0 Å². The molecule has 0 bridgehead atoms. The van der Waals surface area contributed by atoms with Gasteiger partial charge in [0.25, 0.3) is 0 Å². The molecule has 8 heteroatoms. The van der Waals surface area contributed by atoms with Crippen molar-refractivity contribution in [1.82, 2.24) is 22.5 Å². The van der Waals surface area contributed by atoms with Gasteiger partial charge in [-0.05, 0) is 84.2 Å². The Labute approximate surface area is 326 Å². The molecular weight excluding hydrogens is 727 g/mol. The first-order chi connectivity index (χ1) is 27.8. The molecule has 0 N–H and O–H groups in total. The van der Waals surface area contributed by atoms with Gasteiger partial charge in [-0.1, -0.05) is 84.9 Å². The van der Waals surface area contributed by atoms with Crippen molar-refractivity contribution in [3.8, 4) is 17.1 Å². The van der Waals surface area contributed by atoms with Crippen molar-refractivity contribution in [3.05, 3.63) is 175 Å². The van der Waals surface area contributed by atoms with E-state index in [2.05, 4.69) is 198 Å². The van der Waals surface area contributed by atoms with Gasteiger partial charge in [0.2, 0.25) is 0 Å². The monoisotopic (exact) mass is 755 g/mol. The fraction of sp³-hybridized carbons (Fsp3) is 0. The van der Waals surface area contributed by atoms with E-state index in [4.69, 9.17) is 4.42 Å². The number of aromatic nitrogens is 5. The van der Waals surface area contributed by atoms with Crippen molar-refractivity contribution in [2.75, 3.05) is 0 Å². The Balaban J connectivity index is 1.32. The molecule has 0 radical (unpaired) electrons. The van der Waals surface area contributed by atoms with Crippen molar-refractivity contribution in [2.24, 2.45) is 0 Å². The van der Waals surface area contributed by atoms with Crippen LogP contribution in [0.5, 0.6) is 0 Å². The average Bonchev–Trinajstić information content (AvgIpc) is 3.89. The van der Waals surface area contributed by atoms with Crippen LogP contribution in [0, 0.1) is 0 Å². The lowest BCUT2D eigenvalue weighted by molar-refractivity contribution is 0.655. The summed E-state index contributed by atoms with van der Waals surface area (Å²) in [5.74, 6) is 0. The van der Waals surface area contributed by atoms with Crippen molar-refractivity contribution < 1.29 is 4.42 Å². The topological polar surface area (TPSA) is 36.8 Å². The highest BCUT2D eigenvalue weighted by molar-refractivity contribution is 7.25. The summed E-state index contributed by atoms with van der Waals surface area (Å²) in [4.78, 5) is 2.37. The second kappa shape index (κ2) is 11.3. The van der Waals surface area contributed by atoms with Gasteiger partial charge in [-0.15, -0.1) is 22.7 Å². The summed E-state index contributed by atoms with van der Waals surface area (Å²) in [5, 5.41) is 3.43. The Morgan fingerprint density at radius 3 is 1.71 bits per heavy atom. The smallest absolute Gasteiger partial charge is 0.153 e. The van der Waals surface area contributed by atoms with E-state index in [1.165, 1.54) is 25.3 Å². The highest BCUT2D eigenvalue weighted by Crippen LogP contribution is 2.43. The summed E-state index contributed by atoms with van der Waals surface area (Å²) in [6, 6.07) is 61.0. The third-order valence-electron chi connectivity index (χ3n) is 11.2. The zero-order valence-corrected chi connectivity index (χ0v) is 31.3. The number of benzene rings is 7. The van der Waals surface area contributed by atoms with Gasteiger partial charge < -0.3 is 13.4 Å². The van der Waals surface area contributed by atoms with Gasteiger partial charge in [-0.3, -0.25) is 13.5 Å². The molecule has 0 fully saturated rings. The predicted molar refractivity (Wildman–Crippen MR) is 235 cm³/mol. The SMILES string of the molecule is c1ccc(-n2c3cc4oc5cccc6c5n(c4cc3n3c4c2cccc4n(-c2ccccc2)c2sc4ccccc4c23)c2ccsc2n6-c2ccccc2)cc1. The van der Waals surface area contributed by atoms with E-state index < -0.39 is 0 Å². The number of rotatable bonds is 3. The highest BCUT2D eigenvalue weighted by atomic mass is 32.1. The Bertz CT molecular complexity index is 3750. The number of para-hydroxylation sites is 5. The summed E-state index contributed by atoms with van der Waals surface area (Å²) >= 11 is 3.61. The van der Waals surface area contributed by atoms with E-state index in [0.717, 1.165) is 77.9 Å². The minimum Gasteiger partial charge on any atom is -0.453 e. The minimum atomic E-state index is 0.817. The maximum atomic E-state index is 7.03. The number of nitrogens with zero attached hydrogens (tertiary/aromatic N) is 5. The van der Waals surface area contributed by atoms with Crippen LogP contribution >= 0.6 is 22.7 Å². The normalized spacial score (nSPS) is 12.3. The number of thiophene rings is 2. The van der Waals surface area contributed by atoms with Crippen molar-refractivity contribution >= 4 is 109 Å². The van der Waals surface area contributed by atoms with Crippen LogP contribution in [0.1, 0.15) is 0 Å². The Morgan fingerprint density at radius 2 is 0.982 bits per heavy atom. The summed E-state index contributed by atoms with van der Waals surface area (Å²) in [5.41, 5.74) is 16.0. The van der Waals surface area contributed by atoms with Gasteiger partial charge >= 0.3 is 0 Å². The van der Waals surface area contributed by atoms with Crippen LogP contribution in [0.15, 0.2) is 180 Å². The van der Waals surface area contributed by atoms with E-state index in [1.54, 1.807) is 11.3 Å². The lowest BCUT2D eigenvalue weighted by atomic mass is 10.1. The van der Waals surface area contributed by atoms with Gasteiger partial charge in [0.15, 0.2) is 11.2 Å². The molecule has 0 aliphatic carbocycles. The first-order valence-electron chi connectivity index (χ1n) is 18.7. The molecule has 56 heavy (non-hydrogen) atoms. The quantitative estimate of drug-likeness (QED) is 0.131. The molecule has 0 spiro atoms. The van der Waals surface area contributed by atoms with Gasteiger partial charge in [0.1, 0.15) is 15.2 Å². The molecule has 7 aromatic carbocycles. The van der Waals surface area contributed by atoms with Crippen LogP contribution in [0.3, 0.4) is 0 Å². The molecule has 13 aromatic rings. The zero-order valence-electron chi connectivity index (χ0n) is 29.7. The van der Waals surface area contributed by atoms with Crippen molar-refractivity contribution in [3.63, 3.8) is 0 Å². The number of hydrogen-bond acceptors (Lipinski definition) is 3. The van der Waals surface area contributed by atoms with Crippen LogP contribution < -0.4 is 0 Å². The molecule has 0 saturated heterocycles. The molecule has 6 nitrogen and oxygen atoms in total. The molecular formula is C48H29N5OS2. The second-order valence-electron chi connectivity index (χ2n) is 14.2. The zero-order chi connectivity index (χ0) is 36.5. The molecule has 0 amide bonds. The molecule has 264 valence electrons. The Morgan fingerprint density at radius 1 is 0.375 bits per heavy atom. The van der Waals surface area contributed by atoms with E-state index >= 15 is 0 Å². The first kappa shape index (κ1) is 30.3. The maximum absolute atomic E-state index is 7.03. The van der Waals surface area contributed by atoms with E-state index in [9.17, 15) is 0 Å². The molecule has 6 aromatic heterocycles. The van der Waals surface area contributed by atoms with Gasteiger partial charge in [0.05, 0.1) is 49.7 Å². The molecule has 0 atom stereocenters. The molecule has 6 heterocycles. The lowest BCUT2D eigenvalue weighted by Crippen LogP contribution is -2.10. The summed E-state index contributed by atoms with van der Waals surface area (Å²) in [6.07, 6.45) is 0. The lowest BCUT2D eigenvalue weighted by Gasteiger charge is -2.24. The van der Waals surface area contributed by atoms with Gasteiger partial charge in [-0.25, -0.2) is 0 Å². The van der Waals surface area contributed by atoms with Crippen LogP contribution in [0.25, 0.3) is 103 Å². The van der Waals surface area contributed by atoms with Gasteiger partial charge in [-0.2, -0.15) is 0 Å². The Hall–Kier alpha value is -7.00. The second-order valence-corrected chi connectivity index (χ2v) is 16.2. The van der Waals surface area contributed by atoms with Crippen molar-refractivity contribution in [1.29, 1.82) is 0 Å². The van der Waals surface area contributed by atoms with Crippen LogP contribution in [-0.2, 0) is 0 Å². The van der Waals surface area contributed by atoms with Crippen molar-refractivity contribution in [2.45, 2.75) is 0 Å². The summed E-state index contributed by atoms with van der Waals surface area (Å²) in [7, 11) is 0. The third-order valence-corrected chi connectivity index (χ3v) is 13.3. The van der Waals surface area contributed by atoms with Gasteiger partial charge in [0, 0.05) is 33.2 Å². The molecule has 0 aliphatic rings. The first-order valence-corrected chi connectivity index (χ1v) is 20.4. The Kier molecular flexibility index (Phi) is 6.11. The molecule has 0 saturated carbocycles. The van der Waals surface area contributed by atoms with Crippen LogP contribution in [0.4, 0.5) is 0 Å². The third kappa shape index (κ3) is 3.98. The maximum Gasteiger partial charge on any atom is 0.153 e. The highest BCUT2D eigenvalue weighted by Gasteiger charge is 2.24. The fourth-order valence-electron chi connectivity index (χ4n) is 9.00. The standard InChI is InChI=1S/C48H29N5OS2/c1-4-14-30(15-5-1)49-34-21-12-22-35-45(34)53(44-33-20-10-11-25-43(33)56-48(44)51(35)32-18-8-3-9-19-32)38-28-40-42(29-39(38)49)54-41-24-13-23-36-46(41)52(40)37-26-27-55-47(37)50(36)31-16-6-2-7-17-31/h1-29H. The predicted octanol–water partition coefficient (Wildman–Crippen LogP) is 13.5. The average molecular weight is 756 g/mol. The number of hydrogen-bond donors (Lipinski definition) is 0. The summed E-state index contributed by atoms with van der Waals surface area (Å²) in [6.45, 7) is 0.